The second-order valence-corrected chi connectivity index (χ2v) is 4.72. The Balaban J connectivity index is 2.07. The van der Waals surface area contributed by atoms with E-state index in [1.165, 1.54) is 11.4 Å². The minimum atomic E-state index is 0.208. The van der Waals surface area contributed by atoms with Gasteiger partial charge < -0.3 is 9.47 Å². The Labute approximate surface area is 97.1 Å². The van der Waals surface area contributed by atoms with Gasteiger partial charge in [-0.2, -0.15) is 0 Å². The van der Waals surface area contributed by atoms with Gasteiger partial charge in [-0.25, -0.2) is 0 Å². The lowest BCUT2D eigenvalue weighted by Crippen LogP contribution is -2.37. The van der Waals surface area contributed by atoms with Crippen LogP contribution in [0.15, 0.2) is 12.1 Å². The first-order chi connectivity index (χ1) is 7.59. The molecule has 0 unspecified atom stereocenters. The van der Waals surface area contributed by atoms with Gasteiger partial charge in [-0.15, -0.1) is 0 Å². The predicted octanol–water partition coefficient (Wildman–Crippen LogP) is 2.29. The highest BCUT2D eigenvalue weighted by molar-refractivity contribution is 5.73. The van der Waals surface area contributed by atoms with Crippen LogP contribution in [-0.4, -0.2) is 28.5 Å². The number of hydrogen-bond donors (Lipinski definition) is 0. The molecule has 2 heterocycles. The van der Waals surface area contributed by atoms with E-state index >= 15 is 0 Å². The SMILES string of the molecule is CC(=O)N1CCC(n2c(C)ccc2C)CC1. The Kier molecular flexibility index (Phi) is 3.03. The van der Waals surface area contributed by atoms with Crippen molar-refractivity contribution in [3.05, 3.63) is 23.5 Å². The van der Waals surface area contributed by atoms with Crippen LogP contribution < -0.4 is 0 Å². The second-order valence-electron chi connectivity index (χ2n) is 4.72. The van der Waals surface area contributed by atoms with Gasteiger partial charge in [0.1, 0.15) is 0 Å². The number of carbonyl (C=O) groups excluding carboxylic acids is 1. The predicted molar refractivity (Wildman–Crippen MR) is 64.4 cm³/mol. The van der Waals surface area contributed by atoms with Gasteiger partial charge in [0.2, 0.25) is 5.91 Å². The number of piperidine rings is 1. The van der Waals surface area contributed by atoms with Crippen molar-refractivity contribution in [1.82, 2.24) is 9.47 Å². The van der Waals surface area contributed by atoms with Crippen molar-refractivity contribution in [2.24, 2.45) is 0 Å². The van der Waals surface area contributed by atoms with Gasteiger partial charge in [-0.05, 0) is 38.8 Å². The summed E-state index contributed by atoms with van der Waals surface area (Å²) in [7, 11) is 0. The molecule has 3 heteroatoms. The lowest BCUT2D eigenvalue weighted by molar-refractivity contribution is -0.130. The lowest BCUT2D eigenvalue weighted by atomic mass is 10.0. The third kappa shape index (κ3) is 1.99. The monoisotopic (exact) mass is 220 g/mol. The Morgan fingerprint density at radius 2 is 1.69 bits per heavy atom. The van der Waals surface area contributed by atoms with E-state index in [2.05, 4.69) is 30.5 Å². The van der Waals surface area contributed by atoms with E-state index in [-0.39, 0.29) is 5.91 Å². The minimum absolute atomic E-state index is 0.208. The Morgan fingerprint density at radius 1 is 1.19 bits per heavy atom. The van der Waals surface area contributed by atoms with E-state index in [0.29, 0.717) is 6.04 Å². The summed E-state index contributed by atoms with van der Waals surface area (Å²) in [6, 6.07) is 4.92. The van der Waals surface area contributed by atoms with E-state index in [1.54, 1.807) is 6.92 Å². The van der Waals surface area contributed by atoms with Gasteiger partial charge in [0.15, 0.2) is 0 Å². The fourth-order valence-corrected chi connectivity index (χ4v) is 2.69. The van der Waals surface area contributed by atoms with Crippen LogP contribution in [0.2, 0.25) is 0 Å². The summed E-state index contributed by atoms with van der Waals surface area (Å²) in [6.45, 7) is 7.77. The standard InChI is InChI=1S/C13H20N2O/c1-10-4-5-11(2)15(10)13-6-8-14(9-7-13)12(3)16/h4-5,13H,6-9H2,1-3H3. The first-order valence-corrected chi connectivity index (χ1v) is 5.99. The highest BCUT2D eigenvalue weighted by atomic mass is 16.2. The summed E-state index contributed by atoms with van der Waals surface area (Å²) >= 11 is 0. The van der Waals surface area contributed by atoms with Gasteiger partial charge in [-0.3, -0.25) is 4.79 Å². The molecule has 1 amide bonds. The van der Waals surface area contributed by atoms with Crippen molar-refractivity contribution in [2.75, 3.05) is 13.1 Å². The van der Waals surface area contributed by atoms with Gasteiger partial charge in [0.25, 0.3) is 0 Å². The van der Waals surface area contributed by atoms with Gasteiger partial charge in [0.05, 0.1) is 0 Å². The number of likely N-dealkylation sites (tertiary alicyclic amines) is 1. The molecule has 0 atom stereocenters. The first kappa shape index (κ1) is 11.2. The summed E-state index contributed by atoms with van der Waals surface area (Å²) in [5.74, 6) is 0.208. The van der Waals surface area contributed by atoms with Crippen LogP contribution >= 0.6 is 0 Å². The summed E-state index contributed by atoms with van der Waals surface area (Å²) in [5, 5.41) is 0. The molecule has 88 valence electrons. The van der Waals surface area contributed by atoms with Gasteiger partial charge in [0, 0.05) is 37.4 Å². The van der Waals surface area contributed by atoms with E-state index in [1.807, 2.05) is 4.90 Å². The quantitative estimate of drug-likeness (QED) is 0.713. The Morgan fingerprint density at radius 3 is 2.12 bits per heavy atom. The van der Waals surface area contributed by atoms with Crippen molar-refractivity contribution >= 4 is 5.91 Å². The van der Waals surface area contributed by atoms with Crippen LogP contribution in [0.3, 0.4) is 0 Å². The largest absolute Gasteiger partial charge is 0.346 e. The van der Waals surface area contributed by atoms with Crippen LogP contribution in [0.4, 0.5) is 0 Å². The molecule has 0 N–H and O–H groups in total. The van der Waals surface area contributed by atoms with Crippen molar-refractivity contribution in [3.63, 3.8) is 0 Å². The summed E-state index contributed by atoms with van der Waals surface area (Å²) in [5.41, 5.74) is 2.66. The van der Waals surface area contributed by atoms with E-state index in [4.69, 9.17) is 0 Å². The van der Waals surface area contributed by atoms with E-state index in [9.17, 15) is 4.79 Å². The molecule has 1 aliphatic heterocycles. The van der Waals surface area contributed by atoms with Crippen molar-refractivity contribution in [2.45, 2.75) is 39.7 Å². The molecule has 0 aliphatic carbocycles. The zero-order chi connectivity index (χ0) is 11.7. The molecule has 1 aliphatic rings. The van der Waals surface area contributed by atoms with Gasteiger partial charge >= 0.3 is 0 Å². The maximum Gasteiger partial charge on any atom is 0.219 e. The number of carbonyl (C=O) groups is 1. The second kappa shape index (κ2) is 4.32. The molecule has 0 saturated carbocycles. The van der Waals surface area contributed by atoms with Crippen LogP contribution in [0.25, 0.3) is 0 Å². The van der Waals surface area contributed by atoms with Crippen molar-refractivity contribution < 1.29 is 4.79 Å². The zero-order valence-electron chi connectivity index (χ0n) is 10.4. The minimum Gasteiger partial charge on any atom is -0.346 e. The number of hydrogen-bond acceptors (Lipinski definition) is 1. The van der Waals surface area contributed by atoms with Crippen LogP contribution in [0.5, 0.6) is 0 Å². The molecule has 0 radical (unpaired) electrons. The number of nitrogens with zero attached hydrogens (tertiary/aromatic N) is 2. The third-order valence-corrected chi connectivity index (χ3v) is 3.60. The number of amides is 1. The van der Waals surface area contributed by atoms with E-state index < -0.39 is 0 Å². The molecule has 2 rings (SSSR count). The smallest absolute Gasteiger partial charge is 0.219 e. The highest BCUT2D eigenvalue weighted by Crippen LogP contribution is 2.26. The van der Waals surface area contributed by atoms with Crippen LogP contribution in [-0.2, 0) is 4.79 Å². The Hall–Kier alpha value is -1.25. The third-order valence-electron chi connectivity index (χ3n) is 3.60. The molecule has 3 nitrogen and oxygen atoms in total. The number of aromatic nitrogens is 1. The highest BCUT2D eigenvalue weighted by Gasteiger charge is 2.22. The molecule has 1 fully saturated rings. The molecular weight excluding hydrogens is 200 g/mol. The molecule has 0 spiro atoms. The zero-order valence-corrected chi connectivity index (χ0v) is 10.4. The molecule has 1 saturated heterocycles. The van der Waals surface area contributed by atoms with Crippen molar-refractivity contribution in [1.29, 1.82) is 0 Å². The lowest BCUT2D eigenvalue weighted by Gasteiger charge is -2.33. The van der Waals surface area contributed by atoms with Crippen LogP contribution in [0.1, 0.15) is 37.2 Å². The fourth-order valence-electron chi connectivity index (χ4n) is 2.69. The number of rotatable bonds is 1. The maximum absolute atomic E-state index is 11.2. The average Bonchev–Trinajstić information content (AvgIpc) is 2.59. The van der Waals surface area contributed by atoms with Crippen molar-refractivity contribution in [3.8, 4) is 0 Å². The average molecular weight is 220 g/mol. The number of aryl methyl sites for hydroxylation is 2. The van der Waals surface area contributed by atoms with E-state index in [0.717, 1.165) is 25.9 Å². The summed E-state index contributed by atoms with van der Waals surface area (Å²) in [6.07, 6.45) is 2.16. The molecule has 0 bridgehead atoms. The molecule has 1 aromatic heterocycles. The molecule has 1 aromatic rings. The fraction of sp³-hybridized carbons (Fsp3) is 0.615. The summed E-state index contributed by atoms with van der Waals surface area (Å²) < 4.78 is 2.41. The maximum atomic E-state index is 11.2. The normalized spacial score (nSPS) is 17.8. The topological polar surface area (TPSA) is 25.2 Å². The molecule has 0 aromatic carbocycles. The first-order valence-electron chi connectivity index (χ1n) is 5.99. The molecule has 16 heavy (non-hydrogen) atoms. The van der Waals surface area contributed by atoms with Gasteiger partial charge in [-0.1, -0.05) is 0 Å². The summed E-state index contributed by atoms with van der Waals surface area (Å²) in [4.78, 5) is 13.2. The van der Waals surface area contributed by atoms with Crippen LogP contribution in [0, 0.1) is 13.8 Å². The Bertz CT molecular complexity index is 367. The molecular formula is C13H20N2O.